The van der Waals surface area contributed by atoms with E-state index in [1.807, 2.05) is 31.2 Å². The number of halogens is 1. The lowest BCUT2D eigenvalue weighted by atomic mass is 9.96. The van der Waals surface area contributed by atoms with Gasteiger partial charge < -0.3 is 15.0 Å². The molecular formula is C17H23ClN2O3. The van der Waals surface area contributed by atoms with Gasteiger partial charge in [0.25, 0.3) is 0 Å². The fourth-order valence-corrected chi connectivity index (χ4v) is 3.11. The van der Waals surface area contributed by atoms with Gasteiger partial charge in [-0.2, -0.15) is 0 Å². The summed E-state index contributed by atoms with van der Waals surface area (Å²) in [6, 6.07) is 7.29. The molecule has 0 saturated carbocycles. The van der Waals surface area contributed by atoms with E-state index >= 15 is 0 Å². The van der Waals surface area contributed by atoms with Crippen LogP contribution in [0.2, 0.25) is 5.02 Å². The molecule has 2 rings (SSSR count). The molecule has 1 aromatic carbocycles. The van der Waals surface area contributed by atoms with Crippen LogP contribution in [0.25, 0.3) is 0 Å². The maximum absolute atomic E-state index is 12.5. The molecule has 126 valence electrons. The highest BCUT2D eigenvalue weighted by atomic mass is 35.5. The summed E-state index contributed by atoms with van der Waals surface area (Å²) in [4.78, 5) is 25.9. The molecule has 1 heterocycles. The van der Waals surface area contributed by atoms with Crippen molar-refractivity contribution in [2.45, 2.75) is 32.7 Å². The highest BCUT2D eigenvalue weighted by molar-refractivity contribution is 6.31. The first-order valence-corrected chi connectivity index (χ1v) is 8.37. The zero-order valence-corrected chi connectivity index (χ0v) is 14.3. The fourth-order valence-electron chi connectivity index (χ4n) is 2.81. The molecule has 1 aliphatic heterocycles. The average Bonchev–Trinajstić information content (AvgIpc) is 2.55. The maximum atomic E-state index is 12.5. The third kappa shape index (κ3) is 4.61. The molecule has 6 heteroatoms. The highest BCUT2D eigenvalue weighted by Gasteiger charge is 2.29. The molecular weight excluding hydrogens is 316 g/mol. The van der Waals surface area contributed by atoms with Crippen LogP contribution in [-0.4, -0.2) is 36.6 Å². The summed E-state index contributed by atoms with van der Waals surface area (Å²) in [6.45, 7) is 5.07. The van der Waals surface area contributed by atoms with Crippen molar-refractivity contribution in [2.75, 3.05) is 19.7 Å². The summed E-state index contributed by atoms with van der Waals surface area (Å²) >= 11 is 6.17. The number of carbonyl (C=O) groups is 2. The molecule has 1 fully saturated rings. The molecule has 0 aromatic heterocycles. The van der Waals surface area contributed by atoms with Gasteiger partial charge in [0, 0.05) is 18.1 Å². The van der Waals surface area contributed by atoms with Crippen LogP contribution in [0, 0.1) is 5.92 Å². The Morgan fingerprint density at radius 2 is 2.17 bits per heavy atom. The lowest BCUT2D eigenvalue weighted by molar-refractivity contribution is -0.127. The largest absolute Gasteiger partial charge is 0.450 e. The van der Waals surface area contributed by atoms with Crippen molar-refractivity contribution in [3.8, 4) is 0 Å². The topological polar surface area (TPSA) is 58.6 Å². The van der Waals surface area contributed by atoms with Gasteiger partial charge in [-0.15, -0.1) is 0 Å². The molecule has 0 bridgehead atoms. The first-order chi connectivity index (χ1) is 11.0. The van der Waals surface area contributed by atoms with Crippen LogP contribution in [0.3, 0.4) is 0 Å². The van der Waals surface area contributed by atoms with Crippen molar-refractivity contribution >= 4 is 23.6 Å². The summed E-state index contributed by atoms with van der Waals surface area (Å²) in [5.74, 6) is -0.260. The van der Waals surface area contributed by atoms with Gasteiger partial charge in [-0.05, 0) is 38.3 Å². The monoisotopic (exact) mass is 338 g/mol. The van der Waals surface area contributed by atoms with Gasteiger partial charge in [-0.3, -0.25) is 4.79 Å². The molecule has 1 aromatic rings. The van der Waals surface area contributed by atoms with E-state index in [4.69, 9.17) is 16.3 Å². The van der Waals surface area contributed by atoms with Crippen LogP contribution in [0.5, 0.6) is 0 Å². The quantitative estimate of drug-likeness (QED) is 0.915. The van der Waals surface area contributed by atoms with Crippen molar-refractivity contribution in [1.29, 1.82) is 0 Å². The molecule has 0 radical (unpaired) electrons. The van der Waals surface area contributed by atoms with E-state index in [0.717, 1.165) is 18.4 Å². The van der Waals surface area contributed by atoms with Crippen LogP contribution in [0.15, 0.2) is 24.3 Å². The van der Waals surface area contributed by atoms with Crippen LogP contribution in [0.4, 0.5) is 4.79 Å². The Bertz CT molecular complexity index is 565. The van der Waals surface area contributed by atoms with E-state index in [-0.39, 0.29) is 24.0 Å². The third-order valence-electron chi connectivity index (χ3n) is 4.05. The van der Waals surface area contributed by atoms with Gasteiger partial charge in [0.1, 0.15) is 0 Å². The predicted octanol–water partition coefficient (Wildman–Crippen LogP) is 3.39. The molecule has 1 aliphatic rings. The van der Waals surface area contributed by atoms with Gasteiger partial charge in [0.2, 0.25) is 5.91 Å². The Morgan fingerprint density at radius 1 is 1.43 bits per heavy atom. The predicted molar refractivity (Wildman–Crippen MR) is 89.3 cm³/mol. The number of nitrogens with zero attached hydrogens (tertiary/aromatic N) is 1. The fraction of sp³-hybridized carbons (Fsp3) is 0.529. The summed E-state index contributed by atoms with van der Waals surface area (Å²) in [6.07, 6.45) is 1.23. The molecule has 5 nitrogen and oxygen atoms in total. The average molecular weight is 339 g/mol. The van der Waals surface area contributed by atoms with Crippen molar-refractivity contribution in [2.24, 2.45) is 5.92 Å². The van der Waals surface area contributed by atoms with Crippen molar-refractivity contribution in [3.63, 3.8) is 0 Å². The highest BCUT2D eigenvalue weighted by Crippen LogP contribution is 2.24. The van der Waals surface area contributed by atoms with Crippen molar-refractivity contribution < 1.29 is 14.3 Å². The molecule has 1 N–H and O–H groups in total. The Labute approximate surface area is 141 Å². The van der Waals surface area contributed by atoms with Gasteiger partial charge in [0.15, 0.2) is 0 Å². The number of benzene rings is 1. The van der Waals surface area contributed by atoms with Crippen LogP contribution >= 0.6 is 11.6 Å². The van der Waals surface area contributed by atoms with Gasteiger partial charge in [-0.1, -0.05) is 29.8 Å². The van der Waals surface area contributed by atoms with E-state index in [1.165, 1.54) is 0 Å². The first kappa shape index (κ1) is 17.6. The molecule has 23 heavy (non-hydrogen) atoms. The standard InChI is InChI=1S/C17H23ClN2O3/c1-3-23-17(22)20-10-6-7-13(11-20)16(21)19-12(2)14-8-4-5-9-15(14)18/h4-5,8-9,12-13H,3,6-7,10-11H2,1-2H3,(H,19,21). The van der Waals surface area contributed by atoms with E-state index < -0.39 is 0 Å². The molecule has 2 atom stereocenters. The zero-order valence-electron chi connectivity index (χ0n) is 13.5. The number of piperidine rings is 1. The van der Waals surface area contributed by atoms with Crippen molar-refractivity contribution in [1.82, 2.24) is 10.2 Å². The number of carbonyl (C=O) groups excluding carboxylic acids is 2. The summed E-state index contributed by atoms with van der Waals surface area (Å²) in [5.41, 5.74) is 0.889. The number of likely N-dealkylation sites (tertiary alicyclic amines) is 1. The molecule has 2 amide bonds. The minimum absolute atomic E-state index is 0.0496. The Morgan fingerprint density at radius 3 is 2.87 bits per heavy atom. The lowest BCUT2D eigenvalue weighted by Crippen LogP contribution is -2.46. The van der Waals surface area contributed by atoms with E-state index in [9.17, 15) is 9.59 Å². The number of rotatable bonds is 4. The maximum Gasteiger partial charge on any atom is 0.409 e. The minimum atomic E-state index is -0.343. The Kier molecular flexibility index (Phi) is 6.28. The normalized spacial score (nSPS) is 19.1. The number of hydrogen-bond acceptors (Lipinski definition) is 3. The zero-order chi connectivity index (χ0) is 16.8. The van der Waals surface area contributed by atoms with Crippen molar-refractivity contribution in [3.05, 3.63) is 34.9 Å². The number of amides is 2. The lowest BCUT2D eigenvalue weighted by Gasteiger charge is -2.32. The summed E-state index contributed by atoms with van der Waals surface area (Å²) < 4.78 is 5.01. The van der Waals surface area contributed by atoms with Crippen LogP contribution in [0.1, 0.15) is 38.3 Å². The molecule has 2 unspecified atom stereocenters. The van der Waals surface area contributed by atoms with Gasteiger partial charge >= 0.3 is 6.09 Å². The Hall–Kier alpha value is -1.75. The van der Waals surface area contributed by atoms with E-state index in [1.54, 1.807) is 11.8 Å². The van der Waals surface area contributed by atoms with Crippen LogP contribution in [-0.2, 0) is 9.53 Å². The third-order valence-corrected chi connectivity index (χ3v) is 4.39. The second-order valence-corrected chi connectivity index (χ2v) is 6.14. The molecule has 1 saturated heterocycles. The van der Waals surface area contributed by atoms with Crippen LogP contribution < -0.4 is 5.32 Å². The van der Waals surface area contributed by atoms with Gasteiger partial charge in [0.05, 0.1) is 18.6 Å². The molecule has 0 aliphatic carbocycles. The number of nitrogens with one attached hydrogen (secondary N) is 1. The minimum Gasteiger partial charge on any atom is -0.450 e. The Balaban J connectivity index is 1.95. The van der Waals surface area contributed by atoms with Gasteiger partial charge in [-0.25, -0.2) is 4.79 Å². The second kappa shape index (κ2) is 8.20. The SMILES string of the molecule is CCOC(=O)N1CCCC(C(=O)NC(C)c2ccccc2Cl)C1. The van der Waals surface area contributed by atoms with E-state index in [0.29, 0.717) is 24.7 Å². The second-order valence-electron chi connectivity index (χ2n) is 5.74. The smallest absolute Gasteiger partial charge is 0.409 e. The first-order valence-electron chi connectivity index (χ1n) is 7.99. The number of ether oxygens (including phenoxy) is 1. The summed E-state index contributed by atoms with van der Waals surface area (Å²) in [5, 5.41) is 3.63. The number of hydrogen-bond donors (Lipinski definition) is 1. The molecule has 0 spiro atoms. The summed E-state index contributed by atoms with van der Waals surface area (Å²) in [7, 11) is 0. The van der Waals surface area contributed by atoms with E-state index in [2.05, 4.69) is 5.32 Å².